The molecule has 10 heteroatoms. The second-order valence-electron chi connectivity index (χ2n) is 9.32. The maximum absolute atomic E-state index is 12.3. The number of ether oxygens (including phenoxy) is 2. The van der Waals surface area contributed by atoms with Gasteiger partial charge in [0.25, 0.3) is 0 Å². The van der Waals surface area contributed by atoms with Crippen molar-refractivity contribution in [3.8, 4) is 11.3 Å². The normalized spacial score (nSPS) is 18.1. The number of rotatable bonds is 7. The van der Waals surface area contributed by atoms with Crippen LogP contribution in [0.15, 0.2) is 43.0 Å². The molecule has 0 bridgehead atoms. The summed E-state index contributed by atoms with van der Waals surface area (Å²) in [6.45, 7) is 2.86. The predicted molar refractivity (Wildman–Crippen MR) is 138 cm³/mol. The molecule has 1 unspecified atom stereocenters. The largest absolute Gasteiger partial charge is 0.382 e. The first-order chi connectivity index (χ1) is 17.6. The molecular weight excluding hydrogens is 458 g/mol. The Bertz CT molecular complexity index is 1430. The average molecular weight is 488 g/mol. The maximum atomic E-state index is 12.3. The highest BCUT2D eigenvalue weighted by atomic mass is 16.5. The van der Waals surface area contributed by atoms with Crippen LogP contribution in [0.5, 0.6) is 0 Å². The Kier molecular flexibility index (Phi) is 5.90. The molecule has 6 rings (SSSR count). The van der Waals surface area contributed by atoms with Crippen molar-refractivity contribution >= 4 is 39.6 Å². The molecular formula is C26H29N7O3. The number of aromatic nitrogens is 4. The Hall–Kier alpha value is -3.76. The van der Waals surface area contributed by atoms with Gasteiger partial charge in [-0.15, -0.1) is 0 Å². The monoisotopic (exact) mass is 487 g/mol. The number of fused-ring (bicyclic) bond motifs is 2. The van der Waals surface area contributed by atoms with Crippen molar-refractivity contribution < 1.29 is 14.3 Å². The molecule has 4 aromatic rings. The summed E-state index contributed by atoms with van der Waals surface area (Å²) in [6.07, 6.45) is 9.64. The first kappa shape index (κ1) is 22.7. The third kappa shape index (κ3) is 4.33. The van der Waals surface area contributed by atoms with Crippen molar-refractivity contribution in [1.29, 1.82) is 0 Å². The Labute approximate surface area is 208 Å². The third-order valence-corrected chi connectivity index (χ3v) is 6.78. The lowest BCUT2D eigenvalue weighted by Gasteiger charge is -2.34. The van der Waals surface area contributed by atoms with E-state index in [9.17, 15) is 4.79 Å². The van der Waals surface area contributed by atoms with Crippen molar-refractivity contribution in [2.24, 2.45) is 5.92 Å². The van der Waals surface area contributed by atoms with E-state index in [2.05, 4.69) is 37.8 Å². The molecule has 186 valence electrons. The van der Waals surface area contributed by atoms with Gasteiger partial charge in [0.15, 0.2) is 0 Å². The van der Waals surface area contributed by atoms with E-state index >= 15 is 0 Å². The Morgan fingerprint density at radius 3 is 2.89 bits per heavy atom. The topological polar surface area (TPSA) is 106 Å². The molecule has 5 heterocycles. The molecule has 1 amide bonds. The number of pyridine rings is 3. The second-order valence-corrected chi connectivity index (χ2v) is 9.32. The Balaban J connectivity index is 1.36. The summed E-state index contributed by atoms with van der Waals surface area (Å²) in [4.78, 5) is 28.6. The fourth-order valence-corrected chi connectivity index (χ4v) is 4.72. The van der Waals surface area contributed by atoms with Gasteiger partial charge in [-0.3, -0.25) is 4.79 Å². The summed E-state index contributed by atoms with van der Waals surface area (Å²) < 4.78 is 13.1. The van der Waals surface area contributed by atoms with Gasteiger partial charge in [-0.05, 0) is 31.0 Å². The van der Waals surface area contributed by atoms with Crippen LogP contribution >= 0.6 is 0 Å². The molecule has 2 fully saturated rings. The number of amides is 1. The molecule has 0 aromatic carbocycles. The number of hydrogen-bond donors (Lipinski definition) is 2. The van der Waals surface area contributed by atoms with Crippen LogP contribution in [0, 0.1) is 5.92 Å². The van der Waals surface area contributed by atoms with Crippen LogP contribution in [0.2, 0.25) is 0 Å². The van der Waals surface area contributed by atoms with Gasteiger partial charge in [-0.2, -0.15) is 0 Å². The lowest BCUT2D eigenvalue weighted by molar-refractivity contribution is -0.117. The first-order valence-corrected chi connectivity index (χ1v) is 12.2. The van der Waals surface area contributed by atoms with Gasteiger partial charge in [0, 0.05) is 74.3 Å². The van der Waals surface area contributed by atoms with Gasteiger partial charge in [-0.1, -0.05) is 0 Å². The van der Waals surface area contributed by atoms with E-state index < -0.39 is 0 Å². The van der Waals surface area contributed by atoms with Gasteiger partial charge in [0.05, 0.1) is 30.7 Å². The highest BCUT2D eigenvalue weighted by Gasteiger charge is 2.30. The SMILES string of the molecule is CNc1ncc(-c2cn3cc(N4CCOC(COC)C4)ccc3n2)c2cc(NC(=O)C3CC3)ncc12. The molecule has 2 N–H and O–H groups in total. The minimum atomic E-state index is 0.0300. The Morgan fingerprint density at radius 2 is 2.08 bits per heavy atom. The summed E-state index contributed by atoms with van der Waals surface area (Å²) in [5.74, 6) is 1.40. The van der Waals surface area contributed by atoms with Crippen molar-refractivity contribution in [2.75, 3.05) is 56.0 Å². The summed E-state index contributed by atoms with van der Waals surface area (Å²) in [6, 6.07) is 6.03. The minimum absolute atomic E-state index is 0.0300. The van der Waals surface area contributed by atoms with Gasteiger partial charge in [0.1, 0.15) is 17.3 Å². The summed E-state index contributed by atoms with van der Waals surface area (Å²) in [5, 5.41) is 7.88. The fraction of sp³-hybridized carbons (Fsp3) is 0.385. The molecule has 1 saturated heterocycles. The second kappa shape index (κ2) is 9.36. The van der Waals surface area contributed by atoms with E-state index in [0.717, 1.165) is 65.1 Å². The smallest absolute Gasteiger partial charge is 0.228 e. The van der Waals surface area contributed by atoms with Crippen LogP contribution in [0.1, 0.15) is 12.8 Å². The number of anilines is 3. The summed E-state index contributed by atoms with van der Waals surface area (Å²) in [5.41, 5.74) is 3.64. The van der Waals surface area contributed by atoms with E-state index in [-0.39, 0.29) is 17.9 Å². The number of carbonyl (C=O) groups is 1. The van der Waals surface area contributed by atoms with Crippen molar-refractivity contribution in [3.05, 3.63) is 43.0 Å². The van der Waals surface area contributed by atoms with E-state index in [1.165, 1.54) is 0 Å². The lowest BCUT2D eigenvalue weighted by Crippen LogP contribution is -2.44. The van der Waals surface area contributed by atoms with E-state index in [1.807, 2.05) is 36.0 Å². The zero-order valence-corrected chi connectivity index (χ0v) is 20.4. The Morgan fingerprint density at radius 1 is 1.19 bits per heavy atom. The number of nitrogens with zero attached hydrogens (tertiary/aromatic N) is 5. The fourth-order valence-electron chi connectivity index (χ4n) is 4.72. The van der Waals surface area contributed by atoms with Crippen LogP contribution in [-0.4, -0.2) is 71.8 Å². The highest BCUT2D eigenvalue weighted by molar-refractivity contribution is 6.03. The van der Waals surface area contributed by atoms with Crippen molar-refractivity contribution in [2.45, 2.75) is 18.9 Å². The highest BCUT2D eigenvalue weighted by Crippen LogP contribution is 2.34. The zero-order chi connectivity index (χ0) is 24.6. The molecule has 1 aliphatic heterocycles. The molecule has 0 radical (unpaired) electrons. The number of hydrogen-bond acceptors (Lipinski definition) is 8. The van der Waals surface area contributed by atoms with E-state index in [1.54, 1.807) is 13.3 Å². The van der Waals surface area contributed by atoms with Crippen LogP contribution in [0.3, 0.4) is 0 Å². The first-order valence-electron chi connectivity index (χ1n) is 12.2. The minimum Gasteiger partial charge on any atom is -0.382 e. The number of nitrogens with one attached hydrogen (secondary N) is 2. The van der Waals surface area contributed by atoms with Gasteiger partial charge >= 0.3 is 0 Å². The number of methoxy groups -OCH3 is 1. The van der Waals surface area contributed by atoms with E-state index in [0.29, 0.717) is 19.0 Å². The maximum Gasteiger partial charge on any atom is 0.228 e. The number of morpholine rings is 1. The van der Waals surface area contributed by atoms with Crippen molar-refractivity contribution in [1.82, 2.24) is 19.4 Å². The zero-order valence-electron chi connectivity index (χ0n) is 20.4. The number of imidazole rings is 1. The molecule has 1 aliphatic carbocycles. The lowest BCUT2D eigenvalue weighted by atomic mass is 10.1. The average Bonchev–Trinajstić information content (AvgIpc) is 3.67. The molecule has 2 aliphatic rings. The summed E-state index contributed by atoms with van der Waals surface area (Å²) >= 11 is 0. The standard InChI is InChI=1S/C26H29N7O3/c1-27-25-21-11-28-23(31-26(34)16-3-4-16)9-19(21)20(10-29-25)22-14-33-12-17(5-6-24(33)30-22)32-7-8-36-18(13-32)15-35-2/h5-6,9-12,14,16,18H,3-4,7-8,13,15H2,1-2H3,(H,27,29)(H,28,31,34). The third-order valence-electron chi connectivity index (χ3n) is 6.78. The quantitative estimate of drug-likeness (QED) is 0.410. The molecule has 10 nitrogen and oxygen atoms in total. The molecule has 36 heavy (non-hydrogen) atoms. The van der Waals surface area contributed by atoms with Gasteiger partial charge in [-0.25, -0.2) is 15.0 Å². The van der Waals surface area contributed by atoms with Crippen LogP contribution in [-0.2, 0) is 14.3 Å². The molecule has 0 spiro atoms. The van der Waals surface area contributed by atoms with Gasteiger partial charge < -0.3 is 29.4 Å². The van der Waals surface area contributed by atoms with Crippen LogP contribution in [0.4, 0.5) is 17.3 Å². The number of carbonyl (C=O) groups excluding carboxylic acids is 1. The van der Waals surface area contributed by atoms with Gasteiger partial charge in [0.2, 0.25) is 5.91 Å². The van der Waals surface area contributed by atoms with Crippen LogP contribution in [0.25, 0.3) is 27.7 Å². The van der Waals surface area contributed by atoms with E-state index in [4.69, 9.17) is 14.5 Å². The predicted octanol–water partition coefficient (Wildman–Crippen LogP) is 3.19. The molecule has 1 atom stereocenters. The summed E-state index contributed by atoms with van der Waals surface area (Å²) in [7, 11) is 3.53. The van der Waals surface area contributed by atoms with Crippen LogP contribution < -0.4 is 15.5 Å². The molecule has 4 aromatic heterocycles. The molecule has 1 saturated carbocycles. The van der Waals surface area contributed by atoms with Crippen molar-refractivity contribution in [3.63, 3.8) is 0 Å².